The number of likely N-dealkylation sites (tertiary alicyclic amines) is 1. The summed E-state index contributed by atoms with van der Waals surface area (Å²) in [4.78, 5) is 24.1. The van der Waals surface area contributed by atoms with Gasteiger partial charge in [0.05, 0.1) is 10.7 Å². The lowest BCUT2D eigenvalue weighted by Gasteiger charge is -2.26. The number of amides is 1. The second-order valence-electron chi connectivity index (χ2n) is 5.41. The van der Waals surface area contributed by atoms with E-state index in [0.717, 1.165) is 25.9 Å². The SMILES string of the molecule is O=C(CSc1nnc(-c2ccc([N+](=O)[O-])cc2)o1)N1CCCCC1. The van der Waals surface area contributed by atoms with Crippen LogP contribution in [0, 0.1) is 10.1 Å². The second-order valence-corrected chi connectivity index (χ2v) is 6.33. The summed E-state index contributed by atoms with van der Waals surface area (Å²) >= 11 is 1.21. The molecule has 3 rings (SSSR count). The summed E-state index contributed by atoms with van der Waals surface area (Å²) in [5, 5.41) is 18.8. The summed E-state index contributed by atoms with van der Waals surface area (Å²) in [5.74, 6) is 0.620. The number of thioether (sulfide) groups is 1. The zero-order valence-electron chi connectivity index (χ0n) is 12.9. The predicted octanol–water partition coefficient (Wildman–Crippen LogP) is 2.75. The standard InChI is InChI=1S/C15H16N4O4S/c20-13(18-8-2-1-3-9-18)10-24-15-17-16-14(23-15)11-4-6-12(7-5-11)19(21)22/h4-7H,1-3,8-10H2. The van der Waals surface area contributed by atoms with Gasteiger partial charge >= 0.3 is 0 Å². The maximum Gasteiger partial charge on any atom is 0.277 e. The Balaban J connectivity index is 1.58. The Morgan fingerprint density at radius 1 is 1.21 bits per heavy atom. The quantitative estimate of drug-likeness (QED) is 0.465. The van der Waals surface area contributed by atoms with Gasteiger partial charge in [0.25, 0.3) is 10.9 Å². The lowest BCUT2D eigenvalue weighted by atomic mass is 10.1. The molecular weight excluding hydrogens is 332 g/mol. The number of carbonyl (C=O) groups is 1. The molecule has 2 heterocycles. The molecule has 1 amide bonds. The number of rotatable bonds is 5. The van der Waals surface area contributed by atoms with Gasteiger partial charge in [-0.05, 0) is 31.4 Å². The van der Waals surface area contributed by atoms with E-state index in [4.69, 9.17) is 4.42 Å². The average Bonchev–Trinajstić information content (AvgIpc) is 3.09. The molecule has 0 aliphatic carbocycles. The van der Waals surface area contributed by atoms with Crippen LogP contribution in [0.25, 0.3) is 11.5 Å². The van der Waals surface area contributed by atoms with Crippen LogP contribution >= 0.6 is 11.8 Å². The van der Waals surface area contributed by atoms with Gasteiger partial charge in [0, 0.05) is 30.8 Å². The van der Waals surface area contributed by atoms with Crippen LogP contribution in [0.2, 0.25) is 0 Å². The van der Waals surface area contributed by atoms with Gasteiger partial charge in [-0.3, -0.25) is 14.9 Å². The molecule has 8 nitrogen and oxygen atoms in total. The third-order valence-electron chi connectivity index (χ3n) is 3.76. The third-order valence-corrected chi connectivity index (χ3v) is 4.56. The van der Waals surface area contributed by atoms with Crippen molar-refractivity contribution in [2.75, 3.05) is 18.8 Å². The van der Waals surface area contributed by atoms with Crippen LogP contribution < -0.4 is 0 Å². The van der Waals surface area contributed by atoms with Gasteiger partial charge in [-0.2, -0.15) is 0 Å². The average molecular weight is 348 g/mol. The van der Waals surface area contributed by atoms with E-state index in [2.05, 4.69) is 10.2 Å². The Morgan fingerprint density at radius 3 is 2.58 bits per heavy atom. The molecule has 9 heteroatoms. The molecular formula is C15H16N4O4S. The molecule has 1 aromatic carbocycles. The Labute approximate surface area is 142 Å². The molecule has 2 aromatic rings. The molecule has 1 saturated heterocycles. The van der Waals surface area contributed by atoms with Crippen molar-refractivity contribution in [3.63, 3.8) is 0 Å². The highest BCUT2D eigenvalue weighted by molar-refractivity contribution is 7.99. The van der Waals surface area contributed by atoms with Crippen molar-refractivity contribution in [3.05, 3.63) is 34.4 Å². The number of nitrogens with zero attached hydrogens (tertiary/aromatic N) is 4. The smallest absolute Gasteiger partial charge is 0.277 e. The molecule has 1 fully saturated rings. The lowest BCUT2D eigenvalue weighted by Crippen LogP contribution is -2.36. The van der Waals surface area contributed by atoms with Gasteiger partial charge in [0.15, 0.2) is 0 Å². The third kappa shape index (κ3) is 3.91. The first-order valence-corrected chi connectivity index (χ1v) is 8.61. The summed E-state index contributed by atoms with van der Waals surface area (Å²) in [6.07, 6.45) is 3.29. The summed E-state index contributed by atoms with van der Waals surface area (Å²) in [7, 11) is 0. The van der Waals surface area contributed by atoms with Gasteiger partial charge < -0.3 is 9.32 Å². The molecule has 0 spiro atoms. The highest BCUT2D eigenvalue weighted by atomic mass is 32.2. The van der Waals surface area contributed by atoms with E-state index in [1.807, 2.05) is 4.90 Å². The molecule has 126 valence electrons. The molecule has 0 radical (unpaired) electrons. The number of hydrogen-bond acceptors (Lipinski definition) is 7. The molecule has 0 atom stereocenters. The first kappa shape index (κ1) is 16.4. The van der Waals surface area contributed by atoms with Gasteiger partial charge in [0.1, 0.15) is 0 Å². The van der Waals surface area contributed by atoms with E-state index in [1.54, 1.807) is 12.1 Å². The first-order chi connectivity index (χ1) is 11.6. The number of nitro groups is 1. The highest BCUT2D eigenvalue weighted by Crippen LogP contribution is 2.25. The van der Waals surface area contributed by atoms with Gasteiger partial charge in [-0.1, -0.05) is 11.8 Å². The number of hydrogen-bond donors (Lipinski definition) is 0. The Bertz CT molecular complexity index is 725. The van der Waals surface area contributed by atoms with E-state index >= 15 is 0 Å². The van der Waals surface area contributed by atoms with Gasteiger partial charge in [-0.15, -0.1) is 10.2 Å². The molecule has 1 aliphatic heterocycles. The predicted molar refractivity (Wildman–Crippen MR) is 87.5 cm³/mol. The van der Waals surface area contributed by atoms with E-state index in [0.29, 0.717) is 10.8 Å². The molecule has 1 aromatic heterocycles. The van der Waals surface area contributed by atoms with Crippen LogP contribution in [0.4, 0.5) is 5.69 Å². The van der Waals surface area contributed by atoms with Gasteiger partial charge in [0.2, 0.25) is 11.8 Å². The minimum Gasteiger partial charge on any atom is -0.411 e. The van der Waals surface area contributed by atoms with Crippen molar-refractivity contribution in [3.8, 4) is 11.5 Å². The highest BCUT2D eigenvalue weighted by Gasteiger charge is 2.18. The molecule has 0 saturated carbocycles. The van der Waals surface area contributed by atoms with Crippen molar-refractivity contribution < 1.29 is 14.1 Å². The monoisotopic (exact) mass is 348 g/mol. The maximum absolute atomic E-state index is 12.1. The largest absolute Gasteiger partial charge is 0.411 e. The Hall–Kier alpha value is -2.42. The summed E-state index contributed by atoms with van der Waals surface area (Å²) < 4.78 is 5.51. The normalized spacial score (nSPS) is 14.6. The Morgan fingerprint density at radius 2 is 1.92 bits per heavy atom. The number of benzene rings is 1. The number of carbonyl (C=O) groups excluding carboxylic acids is 1. The van der Waals surface area contributed by atoms with Crippen molar-refractivity contribution in [1.29, 1.82) is 0 Å². The fourth-order valence-corrected chi connectivity index (χ4v) is 3.13. The minimum absolute atomic E-state index is 0.00000741. The number of piperidine rings is 1. The van der Waals surface area contributed by atoms with Crippen molar-refractivity contribution in [2.45, 2.75) is 24.5 Å². The van der Waals surface area contributed by atoms with Crippen LogP contribution in [0.3, 0.4) is 0 Å². The fraction of sp³-hybridized carbons (Fsp3) is 0.400. The summed E-state index contributed by atoms with van der Waals surface area (Å²) in [5.41, 5.74) is 0.599. The second kappa shape index (κ2) is 7.43. The number of non-ortho nitro benzene ring substituents is 1. The van der Waals surface area contributed by atoms with E-state index in [1.165, 1.54) is 30.3 Å². The lowest BCUT2D eigenvalue weighted by molar-refractivity contribution is -0.384. The van der Waals surface area contributed by atoms with E-state index in [-0.39, 0.29) is 23.2 Å². The zero-order valence-corrected chi connectivity index (χ0v) is 13.7. The van der Waals surface area contributed by atoms with E-state index in [9.17, 15) is 14.9 Å². The molecule has 0 N–H and O–H groups in total. The van der Waals surface area contributed by atoms with Crippen molar-refractivity contribution in [2.24, 2.45) is 0 Å². The first-order valence-electron chi connectivity index (χ1n) is 7.62. The topological polar surface area (TPSA) is 102 Å². The molecule has 0 unspecified atom stereocenters. The number of aromatic nitrogens is 2. The van der Waals surface area contributed by atoms with Crippen LogP contribution in [-0.4, -0.2) is 44.8 Å². The van der Waals surface area contributed by atoms with Crippen molar-refractivity contribution in [1.82, 2.24) is 15.1 Å². The molecule has 1 aliphatic rings. The fourth-order valence-electron chi connectivity index (χ4n) is 2.47. The van der Waals surface area contributed by atoms with Crippen molar-refractivity contribution >= 4 is 23.4 Å². The maximum atomic E-state index is 12.1. The summed E-state index contributed by atoms with van der Waals surface area (Å²) in [6.45, 7) is 1.63. The molecule has 24 heavy (non-hydrogen) atoms. The zero-order chi connectivity index (χ0) is 16.9. The van der Waals surface area contributed by atoms with Crippen LogP contribution in [0.15, 0.2) is 33.9 Å². The Kier molecular flexibility index (Phi) is 5.09. The van der Waals surface area contributed by atoms with Crippen LogP contribution in [-0.2, 0) is 4.79 Å². The van der Waals surface area contributed by atoms with Crippen LogP contribution in [0.5, 0.6) is 0 Å². The van der Waals surface area contributed by atoms with Crippen LogP contribution in [0.1, 0.15) is 19.3 Å². The van der Waals surface area contributed by atoms with E-state index < -0.39 is 4.92 Å². The minimum atomic E-state index is -0.467. The van der Waals surface area contributed by atoms with Gasteiger partial charge in [-0.25, -0.2) is 0 Å². The number of nitro benzene ring substituents is 1. The molecule has 0 bridgehead atoms. The summed E-state index contributed by atoms with van der Waals surface area (Å²) in [6, 6.07) is 5.87.